The van der Waals surface area contributed by atoms with Crippen LogP contribution in [0.25, 0.3) is 0 Å². The summed E-state index contributed by atoms with van der Waals surface area (Å²) in [6.45, 7) is 4.97. The van der Waals surface area contributed by atoms with E-state index >= 15 is 0 Å². The van der Waals surface area contributed by atoms with Crippen molar-refractivity contribution in [3.63, 3.8) is 0 Å². The van der Waals surface area contributed by atoms with Crippen molar-refractivity contribution in [3.05, 3.63) is 21.9 Å². The van der Waals surface area contributed by atoms with Gasteiger partial charge in [-0.1, -0.05) is 13.3 Å². The normalized spacial score (nSPS) is 29.5. The summed E-state index contributed by atoms with van der Waals surface area (Å²) in [4.78, 5) is 4.48. The third-order valence-electron chi connectivity index (χ3n) is 4.66. The highest BCUT2D eigenvalue weighted by molar-refractivity contribution is 7.10. The molecule has 0 amide bonds. The zero-order valence-electron chi connectivity index (χ0n) is 10.9. The van der Waals surface area contributed by atoms with Gasteiger partial charge in [-0.25, -0.2) is 0 Å². The molecule has 2 heteroatoms. The number of piperidine rings is 1. The Morgan fingerprint density at radius 1 is 1.35 bits per heavy atom. The Kier molecular flexibility index (Phi) is 3.27. The summed E-state index contributed by atoms with van der Waals surface area (Å²) in [5, 5.41) is 2.29. The molecule has 1 saturated heterocycles. The molecule has 1 aliphatic heterocycles. The molecule has 17 heavy (non-hydrogen) atoms. The van der Waals surface area contributed by atoms with Gasteiger partial charge in [0.05, 0.1) is 0 Å². The van der Waals surface area contributed by atoms with Gasteiger partial charge in [0.25, 0.3) is 0 Å². The van der Waals surface area contributed by atoms with E-state index in [1.165, 1.54) is 58.0 Å². The first-order valence-corrected chi connectivity index (χ1v) is 8.02. The van der Waals surface area contributed by atoms with Crippen molar-refractivity contribution in [2.45, 2.75) is 57.4 Å². The molecule has 2 heterocycles. The Balaban J connectivity index is 1.84. The molecular weight excluding hydrogens is 226 g/mol. The Bertz CT molecular complexity index is 382. The molecule has 1 fully saturated rings. The van der Waals surface area contributed by atoms with Gasteiger partial charge >= 0.3 is 0 Å². The number of aryl methyl sites for hydroxylation is 1. The van der Waals surface area contributed by atoms with Gasteiger partial charge < -0.3 is 0 Å². The van der Waals surface area contributed by atoms with E-state index in [0.717, 1.165) is 0 Å². The summed E-state index contributed by atoms with van der Waals surface area (Å²) in [6.07, 6.45) is 9.65. The van der Waals surface area contributed by atoms with Crippen molar-refractivity contribution in [1.29, 1.82) is 0 Å². The van der Waals surface area contributed by atoms with E-state index in [-0.39, 0.29) is 0 Å². The van der Waals surface area contributed by atoms with Crippen LogP contribution < -0.4 is 0 Å². The van der Waals surface area contributed by atoms with E-state index in [1.807, 2.05) is 11.3 Å². The lowest BCUT2D eigenvalue weighted by atomic mass is 9.74. The molecule has 0 bridgehead atoms. The summed E-state index contributed by atoms with van der Waals surface area (Å²) in [6, 6.07) is 2.37. The van der Waals surface area contributed by atoms with E-state index in [9.17, 15) is 0 Å². The molecule has 1 spiro atoms. The minimum Gasteiger partial charge on any atom is -0.297 e. The van der Waals surface area contributed by atoms with Crippen LogP contribution in [0.4, 0.5) is 0 Å². The van der Waals surface area contributed by atoms with Gasteiger partial charge in [-0.05, 0) is 68.6 Å². The summed E-state index contributed by atoms with van der Waals surface area (Å²) in [7, 11) is 0. The Morgan fingerprint density at radius 2 is 2.29 bits per heavy atom. The molecule has 2 aliphatic rings. The van der Waals surface area contributed by atoms with Crippen LogP contribution in [0.15, 0.2) is 11.4 Å². The van der Waals surface area contributed by atoms with Gasteiger partial charge in [0.15, 0.2) is 0 Å². The van der Waals surface area contributed by atoms with E-state index < -0.39 is 0 Å². The molecule has 3 rings (SSSR count). The quantitative estimate of drug-likeness (QED) is 0.769. The van der Waals surface area contributed by atoms with E-state index in [4.69, 9.17) is 0 Å². The number of nitrogens with zero attached hydrogens (tertiary/aromatic N) is 1. The lowest BCUT2D eigenvalue weighted by molar-refractivity contribution is 0.0346. The fourth-order valence-electron chi connectivity index (χ4n) is 3.79. The summed E-state index contributed by atoms with van der Waals surface area (Å²) in [5.74, 6) is 0. The molecular formula is C15H23NS. The number of rotatable bonds is 2. The van der Waals surface area contributed by atoms with E-state index in [0.29, 0.717) is 5.54 Å². The fraction of sp³-hybridized carbons (Fsp3) is 0.733. The maximum Gasteiger partial charge on any atom is 0.0253 e. The van der Waals surface area contributed by atoms with Crippen LogP contribution in [-0.2, 0) is 12.8 Å². The molecule has 1 atom stereocenters. The van der Waals surface area contributed by atoms with Gasteiger partial charge in [0.2, 0.25) is 0 Å². The smallest absolute Gasteiger partial charge is 0.0253 e. The highest BCUT2D eigenvalue weighted by atomic mass is 32.1. The van der Waals surface area contributed by atoms with Gasteiger partial charge in [-0.15, -0.1) is 11.3 Å². The van der Waals surface area contributed by atoms with Crippen LogP contribution >= 0.6 is 11.3 Å². The third-order valence-corrected chi connectivity index (χ3v) is 5.68. The minimum absolute atomic E-state index is 0.530. The Morgan fingerprint density at radius 3 is 3.18 bits per heavy atom. The number of fused-ring (bicyclic) bond motifs is 1. The third kappa shape index (κ3) is 2.06. The molecule has 1 aliphatic carbocycles. The zero-order chi connectivity index (χ0) is 11.7. The minimum atomic E-state index is 0.530. The van der Waals surface area contributed by atoms with Crippen molar-refractivity contribution in [1.82, 2.24) is 4.90 Å². The van der Waals surface area contributed by atoms with E-state index in [2.05, 4.69) is 23.3 Å². The second-order valence-corrected chi connectivity index (χ2v) is 6.71. The summed E-state index contributed by atoms with van der Waals surface area (Å²) < 4.78 is 0. The number of thiophene rings is 1. The molecule has 1 aromatic heterocycles. The van der Waals surface area contributed by atoms with Gasteiger partial charge in [0, 0.05) is 10.4 Å². The van der Waals surface area contributed by atoms with Crippen LogP contribution in [0.2, 0.25) is 0 Å². The number of hydrogen-bond acceptors (Lipinski definition) is 2. The topological polar surface area (TPSA) is 3.24 Å². The van der Waals surface area contributed by atoms with Crippen molar-refractivity contribution < 1.29 is 0 Å². The average molecular weight is 249 g/mol. The van der Waals surface area contributed by atoms with Crippen molar-refractivity contribution >= 4 is 11.3 Å². The van der Waals surface area contributed by atoms with Gasteiger partial charge in [-0.2, -0.15) is 0 Å². The number of likely N-dealkylation sites (tertiary alicyclic amines) is 1. The second kappa shape index (κ2) is 4.74. The highest BCUT2D eigenvalue weighted by Gasteiger charge is 2.40. The standard InChI is InChI=1S/C15H23NS/c1-2-9-16-10-4-3-7-15(16)8-5-14-13(12-15)6-11-17-14/h6,11H,2-5,7-10,12H2,1H3. The van der Waals surface area contributed by atoms with Crippen molar-refractivity contribution in [3.8, 4) is 0 Å². The average Bonchev–Trinajstić information content (AvgIpc) is 2.80. The SMILES string of the molecule is CCCN1CCCCC12CCc1sccc1C2. The monoisotopic (exact) mass is 249 g/mol. The predicted molar refractivity (Wildman–Crippen MR) is 74.8 cm³/mol. The van der Waals surface area contributed by atoms with Crippen LogP contribution in [0.3, 0.4) is 0 Å². The molecule has 0 saturated carbocycles. The molecule has 1 nitrogen and oxygen atoms in total. The van der Waals surface area contributed by atoms with Crippen molar-refractivity contribution in [2.24, 2.45) is 0 Å². The van der Waals surface area contributed by atoms with Gasteiger partial charge in [-0.3, -0.25) is 4.90 Å². The van der Waals surface area contributed by atoms with Crippen LogP contribution in [-0.4, -0.2) is 23.5 Å². The Hall–Kier alpha value is -0.340. The fourth-order valence-corrected chi connectivity index (χ4v) is 4.70. The Labute approximate surface area is 109 Å². The summed E-state index contributed by atoms with van der Waals surface area (Å²) in [5.41, 5.74) is 2.19. The molecule has 1 unspecified atom stereocenters. The maximum absolute atomic E-state index is 2.82. The first-order chi connectivity index (χ1) is 8.34. The summed E-state index contributed by atoms with van der Waals surface area (Å²) >= 11 is 1.97. The van der Waals surface area contributed by atoms with Crippen molar-refractivity contribution in [2.75, 3.05) is 13.1 Å². The van der Waals surface area contributed by atoms with Crippen LogP contribution in [0.5, 0.6) is 0 Å². The molecule has 94 valence electrons. The lowest BCUT2D eigenvalue weighted by Crippen LogP contribution is -2.55. The molecule has 0 N–H and O–H groups in total. The second-order valence-electron chi connectivity index (χ2n) is 5.71. The van der Waals surface area contributed by atoms with Crippen LogP contribution in [0, 0.1) is 0 Å². The first kappa shape index (κ1) is 11.7. The number of hydrogen-bond donors (Lipinski definition) is 0. The largest absolute Gasteiger partial charge is 0.297 e. The molecule has 0 aromatic carbocycles. The first-order valence-electron chi connectivity index (χ1n) is 7.14. The maximum atomic E-state index is 2.82. The van der Waals surface area contributed by atoms with E-state index in [1.54, 1.807) is 10.4 Å². The molecule has 1 aromatic rings. The highest BCUT2D eigenvalue weighted by Crippen LogP contribution is 2.41. The predicted octanol–water partition coefficient (Wildman–Crippen LogP) is 3.87. The zero-order valence-corrected chi connectivity index (χ0v) is 11.7. The lowest BCUT2D eigenvalue weighted by Gasteiger charge is -2.49. The van der Waals surface area contributed by atoms with Gasteiger partial charge in [0.1, 0.15) is 0 Å². The van der Waals surface area contributed by atoms with Crippen LogP contribution in [0.1, 0.15) is 49.5 Å². The molecule has 0 radical (unpaired) electrons.